The highest BCUT2D eigenvalue weighted by Crippen LogP contribution is 2.45. The molecule has 1 aliphatic heterocycles. The highest BCUT2D eigenvalue weighted by atomic mass is 16.5. The van der Waals surface area contributed by atoms with E-state index < -0.39 is 17.7 Å². The molecule has 2 N–H and O–H groups in total. The highest BCUT2D eigenvalue weighted by Gasteiger charge is 2.47. The summed E-state index contributed by atoms with van der Waals surface area (Å²) in [5.41, 5.74) is 1.10. The Labute approximate surface area is 196 Å². The molecule has 1 heterocycles. The van der Waals surface area contributed by atoms with Crippen molar-refractivity contribution in [1.82, 2.24) is 0 Å². The number of Topliss-reactive ketones (excluding diaryl/α,β-unsaturated/α-hetero) is 1. The number of ketones is 1. The van der Waals surface area contributed by atoms with Crippen LogP contribution in [0.3, 0.4) is 0 Å². The molecule has 1 aliphatic rings. The minimum Gasteiger partial charge on any atom is -0.507 e. The van der Waals surface area contributed by atoms with Gasteiger partial charge in [-0.15, -0.1) is 0 Å². The second kappa shape index (κ2) is 8.41. The summed E-state index contributed by atoms with van der Waals surface area (Å²) in [5.74, 6) is -1.57. The van der Waals surface area contributed by atoms with Gasteiger partial charge < -0.3 is 14.9 Å². The van der Waals surface area contributed by atoms with E-state index in [0.717, 1.165) is 10.8 Å². The lowest BCUT2D eigenvalue weighted by molar-refractivity contribution is -0.132. The first-order valence-corrected chi connectivity index (χ1v) is 10.7. The lowest BCUT2D eigenvalue weighted by Gasteiger charge is -2.26. The zero-order chi connectivity index (χ0) is 23.8. The summed E-state index contributed by atoms with van der Waals surface area (Å²) in [7, 11) is 1.52. The summed E-state index contributed by atoms with van der Waals surface area (Å²) < 4.78 is 5.35. The van der Waals surface area contributed by atoms with Crippen LogP contribution in [0.2, 0.25) is 0 Å². The summed E-state index contributed by atoms with van der Waals surface area (Å²) in [4.78, 5) is 27.8. The fraction of sp³-hybridized carbons (Fsp3) is 0.0714. The van der Waals surface area contributed by atoms with Crippen LogP contribution in [0.15, 0.2) is 96.6 Å². The number of aliphatic hydroxyl groups excluding tert-OH is 1. The fourth-order valence-electron chi connectivity index (χ4n) is 4.37. The molecule has 6 heteroatoms. The maximum Gasteiger partial charge on any atom is 0.300 e. The number of benzene rings is 4. The van der Waals surface area contributed by atoms with Gasteiger partial charge in [0, 0.05) is 5.56 Å². The summed E-state index contributed by atoms with van der Waals surface area (Å²) >= 11 is 0. The van der Waals surface area contributed by atoms with Gasteiger partial charge in [0.1, 0.15) is 17.3 Å². The first kappa shape index (κ1) is 21.3. The molecule has 0 bridgehead atoms. The minimum atomic E-state index is -0.963. The van der Waals surface area contributed by atoms with Crippen LogP contribution in [0.1, 0.15) is 17.2 Å². The number of phenols is 1. The van der Waals surface area contributed by atoms with Crippen LogP contribution in [0.25, 0.3) is 16.5 Å². The second-order valence-corrected chi connectivity index (χ2v) is 8.00. The summed E-state index contributed by atoms with van der Waals surface area (Å²) in [6.07, 6.45) is 0. The van der Waals surface area contributed by atoms with Crippen molar-refractivity contribution in [3.63, 3.8) is 0 Å². The normalized spacial score (nSPS) is 17.3. The zero-order valence-electron chi connectivity index (χ0n) is 18.3. The number of nitrogens with zero attached hydrogens (tertiary/aromatic N) is 1. The average Bonchev–Trinajstić information content (AvgIpc) is 3.13. The molecule has 6 nitrogen and oxygen atoms in total. The first-order chi connectivity index (χ1) is 16.5. The monoisotopic (exact) mass is 451 g/mol. The van der Waals surface area contributed by atoms with Crippen molar-refractivity contribution in [2.24, 2.45) is 0 Å². The van der Waals surface area contributed by atoms with Crippen LogP contribution in [-0.4, -0.2) is 29.0 Å². The highest BCUT2D eigenvalue weighted by molar-refractivity contribution is 6.52. The molecular weight excluding hydrogens is 430 g/mol. The van der Waals surface area contributed by atoms with Crippen LogP contribution in [0, 0.1) is 0 Å². The van der Waals surface area contributed by atoms with E-state index in [1.54, 1.807) is 54.6 Å². The molecule has 0 aromatic heterocycles. The Balaban J connectivity index is 1.75. The maximum absolute atomic E-state index is 13.3. The molecule has 4 aromatic carbocycles. The van der Waals surface area contributed by atoms with Gasteiger partial charge in [-0.25, -0.2) is 0 Å². The lowest BCUT2D eigenvalue weighted by Crippen LogP contribution is -2.29. The smallest absolute Gasteiger partial charge is 0.300 e. The molecule has 0 spiro atoms. The summed E-state index contributed by atoms with van der Waals surface area (Å²) in [6, 6.07) is 25.3. The fourth-order valence-corrected chi connectivity index (χ4v) is 4.37. The van der Waals surface area contributed by atoms with E-state index >= 15 is 0 Å². The third-order valence-corrected chi connectivity index (χ3v) is 6.02. The number of para-hydroxylation sites is 2. The quantitative estimate of drug-likeness (QED) is 0.254. The van der Waals surface area contributed by atoms with E-state index in [4.69, 9.17) is 4.74 Å². The molecular formula is C28H21NO5. The van der Waals surface area contributed by atoms with Crippen LogP contribution in [-0.2, 0) is 9.59 Å². The molecule has 0 radical (unpaired) electrons. The van der Waals surface area contributed by atoms with Gasteiger partial charge in [0.2, 0.25) is 0 Å². The predicted molar refractivity (Wildman–Crippen MR) is 130 cm³/mol. The SMILES string of the molecule is COc1cccc(C2/C(=C(/O)c3ccc4ccccc4c3)C(=O)C(=O)N2c2ccccc2O)c1. The van der Waals surface area contributed by atoms with Crippen LogP contribution < -0.4 is 9.64 Å². The number of amides is 1. The number of carbonyl (C=O) groups excluding carboxylic acids is 2. The molecule has 4 aromatic rings. The molecule has 1 atom stereocenters. The van der Waals surface area contributed by atoms with Crippen LogP contribution in [0.4, 0.5) is 5.69 Å². The van der Waals surface area contributed by atoms with Crippen molar-refractivity contribution in [1.29, 1.82) is 0 Å². The van der Waals surface area contributed by atoms with Gasteiger partial charge in [-0.2, -0.15) is 0 Å². The molecule has 1 unspecified atom stereocenters. The molecule has 1 amide bonds. The Morgan fingerprint density at radius 2 is 1.59 bits per heavy atom. The minimum absolute atomic E-state index is 0.0585. The third-order valence-electron chi connectivity index (χ3n) is 6.02. The van der Waals surface area contributed by atoms with Crippen molar-refractivity contribution in [3.05, 3.63) is 108 Å². The van der Waals surface area contributed by atoms with Gasteiger partial charge >= 0.3 is 0 Å². The number of anilines is 1. The van der Waals surface area contributed by atoms with Gasteiger partial charge in [0.05, 0.1) is 24.4 Å². The largest absolute Gasteiger partial charge is 0.507 e. The lowest BCUT2D eigenvalue weighted by atomic mass is 9.94. The van der Waals surface area contributed by atoms with Crippen molar-refractivity contribution in [2.45, 2.75) is 6.04 Å². The van der Waals surface area contributed by atoms with Gasteiger partial charge in [0.25, 0.3) is 11.7 Å². The maximum atomic E-state index is 13.3. The van der Waals surface area contributed by atoms with Crippen molar-refractivity contribution in [3.8, 4) is 11.5 Å². The van der Waals surface area contributed by atoms with Gasteiger partial charge in [-0.1, -0.05) is 60.7 Å². The Morgan fingerprint density at radius 3 is 2.35 bits per heavy atom. The molecule has 1 saturated heterocycles. The molecule has 0 saturated carbocycles. The number of phenolic OH excluding ortho intramolecular Hbond substituents is 1. The van der Waals surface area contributed by atoms with E-state index in [-0.39, 0.29) is 22.8 Å². The van der Waals surface area contributed by atoms with Gasteiger partial charge in [-0.3, -0.25) is 14.5 Å². The van der Waals surface area contributed by atoms with Gasteiger partial charge in [-0.05, 0) is 46.7 Å². The molecule has 0 aliphatic carbocycles. The number of methoxy groups -OCH3 is 1. The standard InChI is InChI=1S/C28H21NO5/c1-34-21-10-6-9-19(16-21)25-24(26(31)20-14-13-17-7-2-3-8-18(17)15-20)27(32)28(33)29(25)22-11-4-5-12-23(22)30/h2-16,25,30-31H,1H3/b26-24-. The van der Waals surface area contributed by atoms with E-state index in [1.165, 1.54) is 18.1 Å². The van der Waals surface area contributed by atoms with Crippen molar-refractivity contribution >= 4 is 33.9 Å². The van der Waals surface area contributed by atoms with Crippen molar-refractivity contribution < 1.29 is 24.5 Å². The number of hydrogen-bond donors (Lipinski definition) is 2. The van der Waals surface area contributed by atoms with Gasteiger partial charge in [0.15, 0.2) is 0 Å². The number of rotatable bonds is 4. The number of fused-ring (bicyclic) bond motifs is 1. The topological polar surface area (TPSA) is 87.1 Å². The Hall–Kier alpha value is -4.58. The second-order valence-electron chi connectivity index (χ2n) is 8.00. The zero-order valence-corrected chi connectivity index (χ0v) is 18.3. The Kier molecular flexibility index (Phi) is 5.26. The number of carbonyl (C=O) groups is 2. The summed E-state index contributed by atoms with van der Waals surface area (Å²) in [5, 5.41) is 23.7. The summed E-state index contributed by atoms with van der Waals surface area (Å²) in [6.45, 7) is 0. The Morgan fingerprint density at radius 1 is 0.853 bits per heavy atom. The molecule has 168 valence electrons. The van der Waals surface area contributed by atoms with E-state index in [2.05, 4.69) is 0 Å². The van der Waals surface area contributed by atoms with Crippen molar-refractivity contribution in [2.75, 3.05) is 12.0 Å². The number of ether oxygens (including phenoxy) is 1. The first-order valence-electron chi connectivity index (χ1n) is 10.7. The third kappa shape index (κ3) is 3.46. The number of hydrogen-bond acceptors (Lipinski definition) is 5. The predicted octanol–water partition coefficient (Wildman–Crippen LogP) is 5.18. The molecule has 34 heavy (non-hydrogen) atoms. The van der Waals surface area contributed by atoms with E-state index in [1.807, 2.05) is 30.3 Å². The number of aromatic hydroxyl groups is 1. The van der Waals surface area contributed by atoms with E-state index in [0.29, 0.717) is 16.9 Å². The average molecular weight is 451 g/mol. The molecule has 1 fully saturated rings. The van der Waals surface area contributed by atoms with E-state index in [9.17, 15) is 19.8 Å². The molecule has 5 rings (SSSR count). The van der Waals surface area contributed by atoms with Crippen LogP contribution in [0.5, 0.6) is 11.5 Å². The number of aliphatic hydroxyl groups is 1. The van der Waals surface area contributed by atoms with Crippen LogP contribution >= 0.6 is 0 Å². The Bertz CT molecular complexity index is 1470.